The fourth-order valence-electron chi connectivity index (χ4n) is 1.55. The molecule has 4 heteroatoms. The molecule has 0 spiro atoms. The zero-order chi connectivity index (χ0) is 11.1. The van der Waals surface area contributed by atoms with Gasteiger partial charge in [-0.1, -0.05) is 24.3 Å². The fraction of sp³-hybridized carbons (Fsp3) is 0.455. The molecule has 0 saturated carbocycles. The van der Waals surface area contributed by atoms with Gasteiger partial charge in [-0.15, -0.1) is 0 Å². The molecule has 0 aliphatic heterocycles. The molecule has 0 atom stereocenters. The standard InChI is InChI=1S/C11H17BO3/c1-14-12(15-2)11-7-3-5-10(9-11)6-4-8-13/h3,5,7,9,13H,4,6,8H2,1-2H3. The number of benzene rings is 1. The average molecular weight is 208 g/mol. The molecular weight excluding hydrogens is 191 g/mol. The zero-order valence-electron chi connectivity index (χ0n) is 9.27. The van der Waals surface area contributed by atoms with Crippen molar-refractivity contribution in [1.82, 2.24) is 0 Å². The Hall–Kier alpha value is -0.835. The van der Waals surface area contributed by atoms with Crippen molar-refractivity contribution in [2.45, 2.75) is 12.8 Å². The van der Waals surface area contributed by atoms with E-state index in [-0.39, 0.29) is 13.7 Å². The van der Waals surface area contributed by atoms with Gasteiger partial charge in [-0.2, -0.15) is 0 Å². The minimum absolute atomic E-state index is 0.224. The van der Waals surface area contributed by atoms with Gasteiger partial charge in [0, 0.05) is 20.8 Å². The van der Waals surface area contributed by atoms with Crippen molar-refractivity contribution >= 4 is 12.6 Å². The Balaban J connectivity index is 2.72. The van der Waals surface area contributed by atoms with Crippen molar-refractivity contribution in [2.75, 3.05) is 20.8 Å². The SMILES string of the molecule is COB(OC)c1cccc(CCCO)c1. The van der Waals surface area contributed by atoms with Crippen LogP contribution in [0.15, 0.2) is 24.3 Å². The Morgan fingerprint density at radius 2 is 2.00 bits per heavy atom. The van der Waals surface area contributed by atoms with E-state index in [0.29, 0.717) is 0 Å². The van der Waals surface area contributed by atoms with Gasteiger partial charge in [-0.25, -0.2) is 0 Å². The lowest BCUT2D eigenvalue weighted by atomic mass is 9.78. The minimum Gasteiger partial charge on any atom is -0.410 e. The number of rotatable bonds is 6. The van der Waals surface area contributed by atoms with Crippen LogP contribution in [0, 0.1) is 0 Å². The molecule has 0 amide bonds. The molecule has 0 fully saturated rings. The Labute approximate surface area is 91.2 Å². The average Bonchev–Trinajstić information content (AvgIpc) is 2.29. The monoisotopic (exact) mass is 208 g/mol. The van der Waals surface area contributed by atoms with E-state index in [4.69, 9.17) is 14.4 Å². The molecule has 0 aliphatic rings. The van der Waals surface area contributed by atoms with Gasteiger partial charge in [0.2, 0.25) is 0 Å². The van der Waals surface area contributed by atoms with Crippen molar-refractivity contribution in [3.05, 3.63) is 29.8 Å². The fourth-order valence-corrected chi connectivity index (χ4v) is 1.55. The first-order valence-electron chi connectivity index (χ1n) is 5.07. The van der Waals surface area contributed by atoms with Crippen molar-refractivity contribution in [3.63, 3.8) is 0 Å². The van der Waals surface area contributed by atoms with Gasteiger partial charge in [0.1, 0.15) is 0 Å². The first kappa shape index (κ1) is 12.2. The first-order chi connectivity index (χ1) is 7.31. The summed E-state index contributed by atoms with van der Waals surface area (Å²) in [6.07, 6.45) is 1.67. The van der Waals surface area contributed by atoms with Crippen LogP contribution in [0.4, 0.5) is 0 Å². The molecule has 3 nitrogen and oxygen atoms in total. The summed E-state index contributed by atoms with van der Waals surface area (Å²) in [5.74, 6) is 0. The van der Waals surface area contributed by atoms with Crippen LogP contribution >= 0.6 is 0 Å². The van der Waals surface area contributed by atoms with Crippen LogP contribution in [-0.2, 0) is 15.7 Å². The van der Waals surface area contributed by atoms with Crippen molar-refractivity contribution in [1.29, 1.82) is 0 Å². The molecule has 1 N–H and O–H groups in total. The summed E-state index contributed by atoms with van der Waals surface area (Å²) in [5, 5.41) is 8.75. The maximum atomic E-state index is 8.75. The summed E-state index contributed by atoms with van der Waals surface area (Å²) in [7, 11) is 2.93. The van der Waals surface area contributed by atoms with Gasteiger partial charge in [0.25, 0.3) is 0 Å². The second kappa shape index (κ2) is 6.61. The van der Waals surface area contributed by atoms with Crippen molar-refractivity contribution in [3.8, 4) is 0 Å². The van der Waals surface area contributed by atoms with E-state index in [2.05, 4.69) is 0 Å². The Morgan fingerprint density at radius 3 is 2.60 bits per heavy atom. The lowest BCUT2D eigenvalue weighted by Gasteiger charge is -2.09. The topological polar surface area (TPSA) is 38.7 Å². The number of hydrogen-bond donors (Lipinski definition) is 1. The van der Waals surface area contributed by atoms with E-state index in [1.165, 1.54) is 5.56 Å². The normalized spacial score (nSPS) is 10.3. The summed E-state index contributed by atoms with van der Waals surface area (Å²) < 4.78 is 10.3. The number of aliphatic hydroxyl groups is 1. The van der Waals surface area contributed by atoms with Crippen LogP contribution in [0.3, 0.4) is 0 Å². The Kier molecular flexibility index (Phi) is 5.39. The van der Waals surface area contributed by atoms with E-state index in [1.54, 1.807) is 14.2 Å². The van der Waals surface area contributed by atoms with Gasteiger partial charge in [-0.3, -0.25) is 0 Å². The van der Waals surface area contributed by atoms with Crippen molar-refractivity contribution in [2.24, 2.45) is 0 Å². The summed E-state index contributed by atoms with van der Waals surface area (Å²) in [6.45, 7) is 0.224. The molecule has 0 bridgehead atoms. The first-order valence-corrected chi connectivity index (χ1v) is 5.07. The van der Waals surface area contributed by atoms with Crippen LogP contribution in [0.5, 0.6) is 0 Å². The molecule has 1 rings (SSSR count). The predicted octanol–water partition coefficient (Wildman–Crippen LogP) is 0.599. The number of aliphatic hydroxyl groups excluding tert-OH is 1. The third-order valence-corrected chi connectivity index (χ3v) is 2.27. The smallest absolute Gasteiger partial charge is 0.410 e. The molecule has 15 heavy (non-hydrogen) atoms. The van der Waals surface area contributed by atoms with Gasteiger partial charge in [-0.05, 0) is 23.9 Å². The lowest BCUT2D eigenvalue weighted by molar-refractivity contribution is 0.288. The van der Waals surface area contributed by atoms with Crippen LogP contribution < -0.4 is 5.46 Å². The van der Waals surface area contributed by atoms with Gasteiger partial charge in [0.15, 0.2) is 0 Å². The number of hydrogen-bond acceptors (Lipinski definition) is 3. The summed E-state index contributed by atoms with van der Waals surface area (Å²) in [5.41, 5.74) is 2.20. The summed E-state index contributed by atoms with van der Waals surface area (Å²) in [4.78, 5) is 0. The number of aryl methyl sites for hydroxylation is 1. The molecular formula is C11H17BO3. The lowest BCUT2D eigenvalue weighted by Crippen LogP contribution is -2.34. The predicted molar refractivity (Wildman–Crippen MR) is 61.3 cm³/mol. The van der Waals surface area contributed by atoms with Crippen LogP contribution in [0.2, 0.25) is 0 Å². The van der Waals surface area contributed by atoms with Gasteiger partial charge >= 0.3 is 7.12 Å². The molecule has 0 radical (unpaired) electrons. The maximum absolute atomic E-state index is 8.75. The van der Waals surface area contributed by atoms with Crippen LogP contribution in [0.1, 0.15) is 12.0 Å². The molecule has 0 aliphatic carbocycles. The molecule has 0 aromatic heterocycles. The minimum atomic E-state index is -0.306. The summed E-state index contributed by atoms with van der Waals surface area (Å²) >= 11 is 0. The van der Waals surface area contributed by atoms with E-state index in [1.807, 2.05) is 24.3 Å². The molecule has 1 aromatic carbocycles. The highest BCUT2D eigenvalue weighted by molar-refractivity contribution is 6.61. The quantitative estimate of drug-likeness (QED) is 0.695. The van der Waals surface area contributed by atoms with Crippen molar-refractivity contribution < 1.29 is 14.4 Å². The third-order valence-electron chi connectivity index (χ3n) is 2.27. The van der Waals surface area contributed by atoms with E-state index in [0.717, 1.165) is 18.3 Å². The van der Waals surface area contributed by atoms with E-state index in [9.17, 15) is 0 Å². The zero-order valence-corrected chi connectivity index (χ0v) is 9.27. The van der Waals surface area contributed by atoms with Crippen LogP contribution in [0.25, 0.3) is 0 Å². The highest BCUT2D eigenvalue weighted by Gasteiger charge is 2.17. The maximum Gasteiger partial charge on any atom is 0.493 e. The molecule has 0 saturated heterocycles. The Morgan fingerprint density at radius 1 is 1.27 bits per heavy atom. The molecule has 0 heterocycles. The largest absolute Gasteiger partial charge is 0.493 e. The van der Waals surface area contributed by atoms with E-state index < -0.39 is 0 Å². The highest BCUT2D eigenvalue weighted by atomic mass is 16.6. The molecule has 0 unspecified atom stereocenters. The molecule has 1 aromatic rings. The second-order valence-electron chi connectivity index (χ2n) is 3.38. The Bertz CT molecular complexity index is 287. The summed E-state index contributed by atoms with van der Waals surface area (Å²) in [6, 6.07) is 8.04. The van der Waals surface area contributed by atoms with Crippen LogP contribution in [-0.4, -0.2) is 33.1 Å². The third kappa shape index (κ3) is 3.66. The second-order valence-corrected chi connectivity index (χ2v) is 3.38. The molecule has 82 valence electrons. The van der Waals surface area contributed by atoms with Gasteiger partial charge in [0.05, 0.1) is 0 Å². The van der Waals surface area contributed by atoms with E-state index >= 15 is 0 Å². The van der Waals surface area contributed by atoms with Gasteiger partial charge < -0.3 is 14.4 Å². The highest BCUT2D eigenvalue weighted by Crippen LogP contribution is 2.02.